The van der Waals surface area contributed by atoms with Gasteiger partial charge in [-0.2, -0.15) is 0 Å². The molecule has 1 atom stereocenters. The third-order valence-electron chi connectivity index (χ3n) is 2.99. The van der Waals surface area contributed by atoms with Gasteiger partial charge in [-0.15, -0.1) is 24.8 Å². The molecular weight excluding hydrogens is 273 g/mol. The van der Waals surface area contributed by atoms with Crippen LogP contribution in [0.2, 0.25) is 0 Å². The standard InChI is InChI=1S/C12H19N3O.2ClH/c1-9(2)12(3,8-13)15-11(16)10-6-4-5-7-14-10;;/h4-7,9H,8,13H2,1-3H3,(H,15,16);2*1H. The number of halogens is 2. The van der Waals surface area contributed by atoms with Gasteiger partial charge in [0.25, 0.3) is 5.91 Å². The SMILES string of the molecule is CC(C)C(C)(CN)NC(=O)c1ccccn1.Cl.Cl. The van der Waals surface area contributed by atoms with Gasteiger partial charge in [-0.1, -0.05) is 19.9 Å². The topological polar surface area (TPSA) is 68.0 Å². The Morgan fingerprint density at radius 1 is 1.44 bits per heavy atom. The number of carbonyl (C=O) groups excluding carboxylic acids is 1. The van der Waals surface area contributed by atoms with Gasteiger partial charge in [0.15, 0.2) is 0 Å². The predicted molar refractivity (Wildman–Crippen MR) is 78.5 cm³/mol. The number of pyridine rings is 1. The fraction of sp³-hybridized carbons (Fsp3) is 0.500. The molecule has 4 nitrogen and oxygen atoms in total. The van der Waals surface area contributed by atoms with Gasteiger partial charge in [-0.05, 0) is 25.0 Å². The highest BCUT2D eigenvalue weighted by atomic mass is 35.5. The largest absolute Gasteiger partial charge is 0.344 e. The second-order valence-electron chi connectivity index (χ2n) is 4.45. The zero-order valence-corrected chi connectivity index (χ0v) is 12.5. The molecule has 1 heterocycles. The maximum absolute atomic E-state index is 11.9. The van der Waals surface area contributed by atoms with Crippen LogP contribution < -0.4 is 11.1 Å². The van der Waals surface area contributed by atoms with E-state index in [4.69, 9.17) is 5.73 Å². The van der Waals surface area contributed by atoms with E-state index < -0.39 is 5.54 Å². The first-order valence-electron chi connectivity index (χ1n) is 5.43. The highest BCUT2D eigenvalue weighted by Crippen LogP contribution is 2.15. The second-order valence-corrected chi connectivity index (χ2v) is 4.45. The lowest BCUT2D eigenvalue weighted by atomic mass is 9.88. The first-order chi connectivity index (χ1) is 7.49. The minimum absolute atomic E-state index is 0. The molecule has 0 spiro atoms. The number of nitrogens with two attached hydrogens (primary N) is 1. The van der Waals surface area contributed by atoms with Crippen molar-refractivity contribution in [2.24, 2.45) is 11.7 Å². The summed E-state index contributed by atoms with van der Waals surface area (Å²) in [6.07, 6.45) is 1.60. The van der Waals surface area contributed by atoms with Crippen LogP contribution in [0.3, 0.4) is 0 Å². The molecule has 0 saturated heterocycles. The molecule has 104 valence electrons. The molecule has 1 amide bonds. The molecule has 6 heteroatoms. The third kappa shape index (κ3) is 4.80. The number of nitrogens with one attached hydrogen (secondary N) is 1. The Labute approximate surface area is 121 Å². The van der Waals surface area contributed by atoms with Gasteiger partial charge in [0.1, 0.15) is 5.69 Å². The van der Waals surface area contributed by atoms with Crippen molar-refractivity contribution in [2.75, 3.05) is 6.54 Å². The van der Waals surface area contributed by atoms with Gasteiger partial charge in [0.2, 0.25) is 0 Å². The summed E-state index contributed by atoms with van der Waals surface area (Å²) in [4.78, 5) is 15.9. The normalized spacial score (nSPS) is 12.9. The van der Waals surface area contributed by atoms with Gasteiger partial charge < -0.3 is 11.1 Å². The number of aromatic nitrogens is 1. The van der Waals surface area contributed by atoms with E-state index >= 15 is 0 Å². The molecule has 0 aliphatic carbocycles. The van der Waals surface area contributed by atoms with Crippen molar-refractivity contribution in [3.63, 3.8) is 0 Å². The van der Waals surface area contributed by atoms with E-state index in [1.165, 1.54) is 0 Å². The number of amides is 1. The third-order valence-corrected chi connectivity index (χ3v) is 2.99. The van der Waals surface area contributed by atoms with Crippen LogP contribution >= 0.6 is 24.8 Å². The fourth-order valence-electron chi connectivity index (χ4n) is 1.25. The second kappa shape index (κ2) is 8.29. The molecule has 1 rings (SSSR count). The molecule has 1 unspecified atom stereocenters. The Balaban J connectivity index is 0. The molecule has 1 aromatic rings. The number of rotatable bonds is 4. The van der Waals surface area contributed by atoms with Crippen molar-refractivity contribution < 1.29 is 4.79 Å². The van der Waals surface area contributed by atoms with Crippen molar-refractivity contribution in [1.29, 1.82) is 0 Å². The summed E-state index contributed by atoms with van der Waals surface area (Å²) >= 11 is 0. The van der Waals surface area contributed by atoms with Crippen LogP contribution in [0.5, 0.6) is 0 Å². The molecule has 18 heavy (non-hydrogen) atoms. The lowest BCUT2D eigenvalue weighted by Crippen LogP contribution is -2.55. The molecule has 0 radical (unpaired) electrons. The quantitative estimate of drug-likeness (QED) is 0.892. The summed E-state index contributed by atoms with van der Waals surface area (Å²) < 4.78 is 0. The van der Waals surface area contributed by atoms with Crippen LogP contribution in [0.25, 0.3) is 0 Å². The smallest absolute Gasteiger partial charge is 0.270 e. The number of nitrogens with zero attached hydrogens (tertiary/aromatic N) is 1. The molecule has 0 saturated carbocycles. The minimum Gasteiger partial charge on any atom is -0.344 e. The fourth-order valence-corrected chi connectivity index (χ4v) is 1.25. The first-order valence-corrected chi connectivity index (χ1v) is 5.43. The number of hydrogen-bond acceptors (Lipinski definition) is 3. The van der Waals surface area contributed by atoms with Crippen LogP contribution in [0.1, 0.15) is 31.3 Å². The van der Waals surface area contributed by atoms with Gasteiger partial charge >= 0.3 is 0 Å². The van der Waals surface area contributed by atoms with Crippen LogP contribution in [-0.2, 0) is 0 Å². The van der Waals surface area contributed by atoms with Gasteiger partial charge in [0, 0.05) is 12.7 Å². The summed E-state index contributed by atoms with van der Waals surface area (Å²) in [6.45, 7) is 6.42. The van der Waals surface area contributed by atoms with Gasteiger partial charge in [-0.25, -0.2) is 0 Å². The van der Waals surface area contributed by atoms with E-state index in [0.717, 1.165) is 0 Å². The minimum atomic E-state index is -0.394. The molecule has 1 aromatic heterocycles. The monoisotopic (exact) mass is 293 g/mol. The van der Waals surface area contributed by atoms with Gasteiger partial charge in [0.05, 0.1) is 5.54 Å². The maximum atomic E-state index is 11.9. The molecule has 3 N–H and O–H groups in total. The van der Waals surface area contributed by atoms with Crippen molar-refractivity contribution in [1.82, 2.24) is 10.3 Å². The first kappa shape index (κ1) is 19.5. The predicted octanol–water partition coefficient (Wildman–Crippen LogP) is 2.03. The number of hydrogen-bond donors (Lipinski definition) is 2. The Hall–Kier alpha value is -0.840. The van der Waals surface area contributed by atoms with E-state index in [2.05, 4.69) is 10.3 Å². The molecule has 0 aliphatic heterocycles. The van der Waals surface area contributed by atoms with E-state index in [0.29, 0.717) is 12.2 Å². The Kier molecular flexibility index (Phi) is 8.99. The van der Waals surface area contributed by atoms with Crippen molar-refractivity contribution in [3.8, 4) is 0 Å². The lowest BCUT2D eigenvalue weighted by molar-refractivity contribution is 0.0878. The van der Waals surface area contributed by atoms with Crippen molar-refractivity contribution >= 4 is 30.7 Å². The van der Waals surface area contributed by atoms with Crippen LogP contribution in [0.15, 0.2) is 24.4 Å². The summed E-state index contributed by atoms with van der Waals surface area (Å²) in [5, 5.41) is 2.93. The average Bonchev–Trinajstić information content (AvgIpc) is 2.29. The average molecular weight is 294 g/mol. The van der Waals surface area contributed by atoms with Crippen LogP contribution in [0.4, 0.5) is 0 Å². The summed E-state index contributed by atoms with van der Waals surface area (Å²) in [5.41, 5.74) is 5.72. The summed E-state index contributed by atoms with van der Waals surface area (Å²) in [7, 11) is 0. The van der Waals surface area contributed by atoms with Crippen LogP contribution in [0, 0.1) is 5.92 Å². The Bertz CT molecular complexity index is 360. The van der Waals surface area contributed by atoms with Gasteiger partial charge in [-0.3, -0.25) is 9.78 Å². The Morgan fingerprint density at radius 3 is 2.44 bits per heavy atom. The van der Waals surface area contributed by atoms with Crippen LogP contribution in [-0.4, -0.2) is 23.0 Å². The lowest BCUT2D eigenvalue weighted by Gasteiger charge is -2.33. The zero-order chi connectivity index (χ0) is 12.2. The maximum Gasteiger partial charge on any atom is 0.270 e. The molecule has 0 aromatic carbocycles. The highest BCUT2D eigenvalue weighted by Gasteiger charge is 2.29. The zero-order valence-electron chi connectivity index (χ0n) is 10.8. The number of carbonyl (C=O) groups is 1. The molecule has 0 aliphatic rings. The molecule has 0 fully saturated rings. The van der Waals surface area contributed by atoms with Crippen molar-refractivity contribution in [2.45, 2.75) is 26.3 Å². The summed E-state index contributed by atoms with van der Waals surface area (Å²) in [5.74, 6) is 0.0902. The van der Waals surface area contributed by atoms with E-state index in [1.54, 1.807) is 24.4 Å². The van der Waals surface area contributed by atoms with E-state index in [9.17, 15) is 4.79 Å². The van der Waals surface area contributed by atoms with Crippen molar-refractivity contribution in [3.05, 3.63) is 30.1 Å². The summed E-state index contributed by atoms with van der Waals surface area (Å²) in [6, 6.07) is 5.25. The highest BCUT2D eigenvalue weighted by molar-refractivity contribution is 5.92. The molecule has 0 bridgehead atoms. The van der Waals surface area contributed by atoms with E-state index in [1.807, 2.05) is 20.8 Å². The Morgan fingerprint density at radius 2 is 2.06 bits per heavy atom. The van der Waals surface area contributed by atoms with E-state index in [-0.39, 0.29) is 36.6 Å². The molecular formula is C12H21Cl2N3O.